The summed E-state index contributed by atoms with van der Waals surface area (Å²) in [5.74, 6) is -0.154. The van der Waals surface area contributed by atoms with Crippen LogP contribution in [0.15, 0.2) is 18.2 Å². The summed E-state index contributed by atoms with van der Waals surface area (Å²) in [7, 11) is 0. The van der Waals surface area contributed by atoms with Gasteiger partial charge in [0.15, 0.2) is 0 Å². The van der Waals surface area contributed by atoms with E-state index in [2.05, 4.69) is 16.7 Å². The normalized spacial score (nSPS) is 18.6. The second kappa shape index (κ2) is 6.35. The Morgan fingerprint density at radius 3 is 2.47 bits per heavy atom. The molecule has 0 spiro atoms. The molecule has 0 aromatic heterocycles. The molecule has 2 N–H and O–H groups in total. The highest BCUT2D eigenvalue weighted by Crippen LogP contribution is 2.23. The van der Waals surface area contributed by atoms with Crippen molar-refractivity contribution in [1.29, 1.82) is 0 Å². The number of benzene rings is 1. The zero-order valence-corrected chi connectivity index (χ0v) is 11.9. The average Bonchev–Trinajstić information content (AvgIpc) is 2.40. The fourth-order valence-electron chi connectivity index (χ4n) is 2.59. The number of nitrogens with two attached hydrogens (primary N) is 1. The van der Waals surface area contributed by atoms with Crippen LogP contribution in [0.2, 0.25) is 0 Å². The maximum Gasteiger partial charge on any atom is 0.146 e. The van der Waals surface area contributed by atoms with Gasteiger partial charge in [0.25, 0.3) is 0 Å². The monoisotopic (exact) mass is 265 g/mol. The molecule has 3 nitrogen and oxygen atoms in total. The molecule has 0 aliphatic carbocycles. The van der Waals surface area contributed by atoms with Crippen LogP contribution in [0, 0.1) is 5.82 Å². The fourth-order valence-corrected chi connectivity index (χ4v) is 2.59. The van der Waals surface area contributed by atoms with Crippen molar-refractivity contribution in [2.45, 2.75) is 26.3 Å². The Kier molecular flexibility index (Phi) is 4.77. The highest BCUT2D eigenvalue weighted by molar-refractivity contribution is 5.50. The summed E-state index contributed by atoms with van der Waals surface area (Å²) < 4.78 is 14.1. The van der Waals surface area contributed by atoms with Gasteiger partial charge in [-0.3, -0.25) is 4.90 Å². The molecule has 2 rings (SSSR count). The Morgan fingerprint density at radius 1 is 1.26 bits per heavy atom. The molecule has 1 fully saturated rings. The minimum Gasteiger partial charge on any atom is -0.367 e. The van der Waals surface area contributed by atoms with Crippen molar-refractivity contribution in [3.63, 3.8) is 0 Å². The first-order chi connectivity index (χ1) is 9.11. The zero-order valence-electron chi connectivity index (χ0n) is 11.9. The molecule has 19 heavy (non-hydrogen) atoms. The molecule has 1 atom stereocenters. The lowest BCUT2D eigenvalue weighted by molar-refractivity contribution is 0.258. The maximum atomic E-state index is 14.1. The fraction of sp³-hybridized carbons (Fsp3) is 0.600. The van der Waals surface area contributed by atoms with Crippen molar-refractivity contribution < 1.29 is 4.39 Å². The third kappa shape index (κ3) is 3.45. The average molecular weight is 265 g/mol. The van der Waals surface area contributed by atoms with Gasteiger partial charge in [-0.1, -0.05) is 13.0 Å². The van der Waals surface area contributed by atoms with Gasteiger partial charge in [-0.15, -0.1) is 0 Å². The van der Waals surface area contributed by atoms with Crippen LogP contribution in [0.1, 0.15) is 31.9 Å². The lowest BCUT2D eigenvalue weighted by atomic mass is 10.1. The third-order valence-corrected chi connectivity index (χ3v) is 3.75. The molecule has 0 radical (unpaired) electrons. The van der Waals surface area contributed by atoms with E-state index in [9.17, 15) is 4.39 Å². The molecule has 4 heteroatoms. The molecule has 0 bridgehead atoms. The topological polar surface area (TPSA) is 32.5 Å². The third-order valence-electron chi connectivity index (χ3n) is 3.75. The Bertz CT molecular complexity index is 412. The van der Waals surface area contributed by atoms with Crippen LogP contribution in [-0.2, 0) is 0 Å². The maximum absolute atomic E-state index is 14.1. The van der Waals surface area contributed by atoms with Gasteiger partial charge in [0.2, 0.25) is 0 Å². The van der Waals surface area contributed by atoms with Crippen molar-refractivity contribution in [2.75, 3.05) is 37.6 Å². The van der Waals surface area contributed by atoms with E-state index in [4.69, 9.17) is 5.73 Å². The smallest absolute Gasteiger partial charge is 0.146 e. The molecular formula is C15H24FN3. The first kappa shape index (κ1) is 14.3. The van der Waals surface area contributed by atoms with Crippen LogP contribution in [0.4, 0.5) is 10.1 Å². The molecule has 1 aromatic carbocycles. The van der Waals surface area contributed by atoms with Gasteiger partial charge in [-0.2, -0.15) is 0 Å². The number of halogens is 1. The van der Waals surface area contributed by atoms with Crippen LogP contribution in [0.5, 0.6) is 0 Å². The zero-order chi connectivity index (χ0) is 13.8. The van der Waals surface area contributed by atoms with Crippen LogP contribution in [0.3, 0.4) is 0 Å². The van der Waals surface area contributed by atoms with Crippen molar-refractivity contribution in [3.8, 4) is 0 Å². The van der Waals surface area contributed by atoms with Crippen molar-refractivity contribution in [2.24, 2.45) is 5.73 Å². The standard InChI is InChI=1S/C15H24FN3/c1-3-6-18-7-9-19(10-8-18)15-5-4-13(12(2)17)11-14(15)16/h4-5,11-12H,3,6-10,17H2,1-2H3. The molecule has 1 unspecified atom stereocenters. The van der Waals surface area contributed by atoms with Crippen LogP contribution in [-0.4, -0.2) is 37.6 Å². The summed E-state index contributed by atoms with van der Waals surface area (Å²) >= 11 is 0. The summed E-state index contributed by atoms with van der Waals surface area (Å²) in [6.07, 6.45) is 1.18. The molecule has 1 heterocycles. The second-order valence-corrected chi connectivity index (χ2v) is 5.33. The molecular weight excluding hydrogens is 241 g/mol. The quantitative estimate of drug-likeness (QED) is 0.907. The summed E-state index contributed by atoms with van der Waals surface area (Å²) in [5.41, 5.74) is 7.34. The Balaban J connectivity index is 2.03. The van der Waals surface area contributed by atoms with Gasteiger partial charge in [0.05, 0.1) is 5.69 Å². The second-order valence-electron chi connectivity index (χ2n) is 5.33. The van der Waals surface area contributed by atoms with Gasteiger partial charge in [0, 0.05) is 32.2 Å². The molecule has 1 aromatic rings. The van der Waals surface area contributed by atoms with Gasteiger partial charge in [0.1, 0.15) is 5.82 Å². The van der Waals surface area contributed by atoms with Gasteiger partial charge >= 0.3 is 0 Å². The van der Waals surface area contributed by atoms with Crippen LogP contribution < -0.4 is 10.6 Å². The van der Waals surface area contributed by atoms with E-state index in [1.54, 1.807) is 6.07 Å². The minimum atomic E-state index is -0.154. The van der Waals surface area contributed by atoms with E-state index in [-0.39, 0.29) is 11.9 Å². The molecule has 0 saturated carbocycles. The lowest BCUT2D eigenvalue weighted by Crippen LogP contribution is -2.46. The molecule has 106 valence electrons. The highest BCUT2D eigenvalue weighted by Gasteiger charge is 2.19. The number of hydrogen-bond acceptors (Lipinski definition) is 3. The van der Waals surface area contributed by atoms with E-state index in [0.29, 0.717) is 5.69 Å². The number of piperazine rings is 1. The Morgan fingerprint density at radius 2 is 1.95 bits per heavy atom. The van der Waals surface area contributed by atoms with Crippen molar-refractivity contribution >= 4 is 5.69 Å². The summed E-state index contributed by atoms with van der Waals surface area (Å²) in [6, 6.07) is 5.24. The largest absolute Gasteiger partial charge is 0.367 e. The minimum absolute atomic E-state index is 0.120. The first-order valence-corrected chi connectivity index (χ1v) is 7.14. The predicted octanol–water partition coefficient (Wildman–Crippen LogP) is 2.38. The number of hydrogen-bond donors (Lipinski definition) is 1. The molecule has 0 amide bonds. The summed E-state index contributed by atoms with van der Waals surface area (Å²) in [4.78, 5) is 4.57. The van der Waals surface area contributed by atoms with Crippen LogP contribution in [0.25, 0.3) is 0 Å². The number of rotatable bonds is 4. The van der Waals surface area contributed by atoms with Gasteiger partial charge in [-0.05, 0) is 37.6 Å². The molecule has 1 saturated heterocycles. The van der Waals surface area contributed by atoms with Crippen molar-refractivity contribution in [1.82, 2.24) is 4.90 Å². The van der Waals surface area contributed by atoms with E-state index in [1.807, 2.05) is 19.1 Å². The SMILES string of the molecule is CCCN1CCN(c2ccc(C(C)N)cc2F)CC1. The van der Waals surface area contributed by atoms with E-state index in [1.165, 1.54) is 6.42 Å². The predicted molar refractivity (Wildman–Crippen MR) is 77.9 cm³/mol. The van der Waals surface area contributed by atoms with Gasteiger partial charge in [-0.25, -0.2) is 4.39 Å². The van der Waals surface area contributed by atoms with Crippen molar-refractivity contribution in [3.05, 3.63) is 29.6 Å². The summed E-state index contributed by atoms with van der Waals surface area (Å²) in [6.45, 7) is 9.03. The first-order valence-electron chi connectivity index (χ1n) is 7.14. The number of anilines is 1. The van der Waals surface area contributed by atoms with Crippen LogP contribution >= 0.6 is 0 Å². The lowest BCUT2D eigenvalue weighted by Gasteiger charge is -2.36. The molecule has 1 aliphatic rings. The summed E-state index contributed by atoms with van der Waals surface area (Å²) in [5, 5.41) is 0. The number of nitrogens with zero attached hydrogens (tertiary/aromatic N) is 2. The Labute approximate surface area is 115 Å². The molecule has 1 aliphatic heterocycles. The Hall–Kier alpha value is -1.13. The van der Waals surface area contributed by atoms with E-state index < -0.39 is 0 Å². The van der Waals surface area contributed by atoms with Gasteiger partial charge < -0.3 is 10.6 Å². The van der Waals surface area contributed by atoms with E-state index in [0.717, 1.165) is 38.3 Å². The van der Waals surface area contributed by atoms with E-state index >= 15 is 0 Å². The highest BCUT2D eigenvalue weighted by atomic mass is 19.1.